The van der Waals surface area contributed by atoms with Gasteiger partial charge in [0, 0.05) is 33.9 Å². The lowest BCUT2D eigenvalue weighted by Gasteiger charge is -2.09. The number of benzene rings is 3. The highest BCUT2D eigenvalue weighted by Gasteiger charge is 2.10. The Morgan fingerprint density at radius 3 is 1.50 bits per heavy atom. The minimum absolute atomic E-state index is 1.05. The number of hydrogen-bond acceptors (Lipinski definition) is 2. The van der Waals surface area contributed by atoms with Gasteiger partial charge in [0.15, 0.2) is 0 Å². The summed E-state index contributed by atoms with van der Waals surface area (Å²) < 4.78 is 0. The van der Waals surface area contributed by atoms with Crippen LogP contribution in [0.5, 0.6) is 0 Å². The molecule has 0 spiro atoms. The van der Waals surface area contributed by atoms with E-state index >= 15 is 0 Å². The molecule has 0 radical (unpaired) electrons. The molecule has 2 heterocycles. The lowest BCUT2D eigenvalue weighted by Crippen LogP contribution is -1.88. The average Bonchev–Trinajstić information content (AvgIpc) is 2.61. The van der Waals surface area contributed by atoms with E-state index in [1.807, 2.05) is 24.5 Å². The molecule has 0 amide bonds. The molecule has 0 saturated carbocycles. The molecule has 2 aromatic heterocycles. The topological polar surface area (TPSA) is 25.8 Å². The van der Waals surface area contributed by atoms with Crippen molar-refractivity contribution >= 4 is 43.4 Å². The van der Waals surface area contributed by atoms with Crippen LogP contribution in [0, 0.1) is 0 Å². The molecule has 102 valence electrons. The van der Waals surface area contributed by atoms with E-state index in [1.54, 1.807) is 0 Å². The van der Waals surface area contributed by atoms with Crippen molar-refractivity contribution in [3.05, 3.63) is 73.1 Å². The second kappa shape index (κ2) is 4.25. The van der Waals surface area contributed by atoms with Crippen LogP contribution in [0.4, 0.5) is 0 Å². The van der Waals surface area contributed by atoms with Gasteiger partial charge in [-0.1, -0.05) is 36.4 Å². The van der Waals surface area contributed by atoms with Crippen LogP contribution in [-0.4, -0.2) is 9.97 Å². The van der Waals surface area contributed by atoms with Crippen molar-refractivity contribution in [2.24, 2.45) is 0 Å². The quantitative estimate of drug-likeness (QED) is 0.292. The Morgan fingerprint density at radius 1 is 0.500 bits per heavy atom. The van der Waals surface area contributed by atoms with Crippen molar-refractivity contribution in [2.75, 3.05) is 0 Å². The van der Waals surface area contributed by atoms with Gasteiger partial charge in [-0.15, -0.1) is 0 Å². The fourth-order valence-electron chi connectivity index (χ4n) is 3.31. The van der Waals surface area contributed by atoms with Crippen molar-refractivity contribution < 1.29 is 0 Å². The molecule has 2 heteroatoms. The summed E-state index contributed by atoms with van der Waals surface area (Å²) in [7, 11) is 0. The van der Waals surface area contributed by atoms with E-state index in [0.717, 1.165) is 21.8 Å². The second-order valence-electron chi connectivity index (χ2n) is 5.54. The van der Waals surface area contributed by atoms with Gasteiger partial charge in [-0.3, -0.25) is 9.97 Å². The van der Waals surface area contributed by atoms with E-state index < -0.39 is 0 Å². The van der Waals surface area contributed by atoms with Crippen molar-refractivity contribution in [1.82, 2.24) is 9.97 Å². The minimum Gasteiger partial charge on any atom is -0.256 e. The molecule has 3 aromatic carbocycles. The number of nitrogens with zero attached hydrogens (tertiary/aromatic N) is 2. The van der Waals surface area contributed by atoms with Gasteiger partial charge in [0.25, 0.3) is 0 Å². The molecule has 5 rings (SSSR count). The Morgan fingerprint density at radius 2 is 1.00 bits per heavy atom. The first kappa shape index (κ1) is 11.6. The van der Waals surface area contributed by atoms with Crippen LogP contribution in [0.2, 0.25) is 0 Å². The molecule has 0 atom stereocenters. The van der Waals surface area contributed by atoms with Crippen molar-refractivity contribution in [2.45, 2.75) is 0 Å². The monoisotopic (exact) mass is 280 g/mol. The minimum atomic E-state index is 1.05. The summed E-state index contributed by atoms with van der Waals surface area (Å²) in [5, 5.41) is 7.12. The van der Waals surface area contributed by atoms with Crippen LogP contribution in [0.15, 0.2) is 73.1 Å². The van der Waals surface area contributed by atoms with Crippen molar-refractivity contribution in [3.63, 3.8) is 0 Å². The predicted octanol–water partition coefficient (Wildman–Crippen LogP) is 5.09. The fourth-order valence-corrected chi connectivity index (χ4v) is 3.31. The highest BCUT2D eigenvalue weighted by atomic mass is 14.7. The number of aromatic nitrogens is 2. The van der Waals surface area contributed by atoms with Gasteiger partial charge in [-0.25, -0.2) is 0 Å². The zero-order valence-electron chi connectivity index (χ0n) is 11.8. The van der Waals surface area contributed by atoms with Gasteiger partial charge in [0.1, 0.15) is 0 Å². The highest BCUT2D eigenvalue weighted by molar-refractivity contribution is 6.24. The van der Waals surface area contributed by atoms with Crippen molar-refractivity contribution in [3.8, 4) is 0 Å². The predicted molar refractivity (Wildman–Crippen MR) is 92.1 cm³/mol. The zero-order valence-corrected chi connectivity index (χ0v) is 11.8. The second-order valence-corrected chi connectivity index (χ2v) is 5.54. The van der Waals surface area contributed by atoms with Gasteiger partial charge in [0.2, 0.25) is 0 Å². The van der Waals surface area contributed by atoms with Crippen LogP contribution in [-0.2, 0) is 0 Å². The third-order valence-corrected chi connectivity index (χ3v) is 4.30. The largest absolute Gasteiger partial charge is 0.256 e. The van der Waals surface area contributed by atoms with E-state index in [1.165, 1.54) is 21.5 Å². The number of hydrogen-bond donors (Lipinski definition) is 0. The standard InChI is InChI=1S/C20H12N2/c1-2-6-14-12-18-17(11-13(14)5-1)19-15(7-3-9-21-19)16-8-4-10-22-20(16)18/h1-12H. The number of fused-ring (bicyclic) bond motifs is 7. The summed E-state index contributed by atoms with van der Waals surface area (Å²) in [6.45, 7) is 0. The Kier molecular flexibility index (Phi) is 2.25. The Labute approximate surface area is 127 Å². The number of rotatable bonds is 0. The summed E-state index contributed by atoms with van der Waals surface area (Å²) in [5.41, 5.74) is 2.09. The molecule has 0 aliphatic rings. The molecule has 0 aliphatic heterocycles. The van der Waals surface area contributed by atoms with Crippen molar-refractivity contribution in [1.29, 1.82) is 0 Å². The van der Waals surface area contributed by atoms with Crippen LogP contribution < -0.4 is 0 Å². The highest BCUT2D eigenvalue weighted by Crippen LogP contribution is 2.34. The molecule has 22 heavy (non-hydrogen) atoms. The SMILES string of the molecule is c1ccc2cc3c(cc2c1)c1ncccc1c1cccnc13. The molecule has 0 N–H and O–H groups in total. The zero-order chi connectivity index (χ0) is 14.5. The van der Waals surface area contributed by atoms with Gasteiger partial charge in [-0.2, -0.15) is 0 Å². The Hall–Kier alpha value is -3.00. The third kappa shape index (κ3) is 1.49. The van der Waals surface area contributed by atoms with Gasteiger partial charge >= 0.3 is 0 Å². The lowest BCUT2D eigenvalue weighted by atomic mass is 9.97. The molecule has 0 unspecified atom stereocenters. The smallest absolute Gasteiger partial charge is 0.0788 e. The maximum Gasteiger partial charge on any atom is 0.0788 e. The first-order valence-corrected chi connectivity index (χ1v) is 7.36. The summed E-state index contributed by atoms with van der Waals surface area (Å²) in [6, 6.07) is 21.1. The molecule has 0 bridgehead atoms. The molecular weight excluding hydrogens is 268 g/mol. The summed E-state index contributed by atoms with van der Waals surface area (Å²) in [5.74, 6) is 0. The molecule has 0 saturated heterocycles. The maximum absolute atomic E-state index is 4.64. The van der Waals surface area contributed by atoms with E-state index in [0.29, 0.717) is 0 Å². The average molecular weight is 280 g/mol. The normalized spacial score (nSPS) is 11.6. The third-order valence-electron chi connectivity index (χ3n) is 4.30. The van der Waals surface area contributed by atoms with Crippen LogP contribution in [0.1, 0.15) is 0 Å². The molecule has 2 nitrogen and oxygen atoms in total. The Bertz CT molecular complexity index is 1080. The molecule has 5 aromatic rings. The molecule has 0 fully saturated rings. The Balaban J connectivity index is 2.17. The van der Waals surface area contributed by atoms with Crippen LogP contribution in [0.3, 0.4) is 0 Å². The van der Waals surface area contributed by atoms with E-state index in [4.69, 9.17) is 0 Å². The molecular formula is C20H12N2. The van der Waals surface area contributed by atoms with Gasteiger partial charge < -0.3 is 0 Å². The van der Waals surface area contributed by atoms with E-state index in [9.17, 15) is 0 Å². The lowest BCUT2D eigenvalue weighted by molar-refractivity contribution is 1.41. The summed E-state index contributed by atoms with van der Waals surface area (Å²) in [4.78, 5) is 9.28. The van der Waals surface area contributed by atoms with Crippen LogP contribution in [0.25, 0.3) is 43.4 Å². The first-order chi connectivity index (χ1) is 10.9. The summed E-state index contributed by atoms with van der Waals surface area (Å²) in [6.07, 6.45) is 3.72. The van der Waals surface area contributed by atoms with E-state index in [2.05, 4.69) is 58.5 Å². The fraction of sp³-hybridized carbons (Fsp3) is 0. The molecule has 0 aliphatic carbocycles. The first-order valence-electron chi connectivity index (χ1n) is 7.36. The van der Waals surface area contributed by atoms with Gasteiger partial charge in [-0.05, 0) is 35.0 Å². The summed E-state index contributed by atoms with van der Waals surface area (Å²) >= 11 is 0. The van der Waals surface area contributed by atoms with Crippen LogP contribution >= 0.6 is 0 Å². The number of pyridine rings is 2. The van der Waals surface area contributed by atoms with E-state index in [-0.39, 0.29) is 0 Å². The maximum atomic E-state index is 4.64. The van der Waals surface area contributed by atoms with Gasteiger partial charge in [0.05, 0.1) is 11.0 Å².